The Labute approximate surface area is 160 Å². The molecule has 0 saturated carbocycles. The Kier molecular flexibility index (Phi) is 10.0. The molecule has 1 aliphatic heterocycles. The van der Waals surface area contributed by atoms with E-state index in [1.165, 1.54) is 0 Å². The Balaban J connectivity index is 0.00000288. The minimum Gasteiger partial charge on any atom is -0.360 e. The predicted molar refractivity (Wildman–Crippen MR) is 100 cm³/mol. The third kappa shape index (κ3) is 6.81. The fourth-order valence-corrected chi connectivity index (χ4v) is 2.45. The van der Waals surface area contributed by atoms with Crippen LogP contribution in [0.25, 0.3) is 0 Å². The number of amides is 2. The van der Waals surface area contributed by atoms with Gasteiger partial charge in [-0.15, -0.1) is 24.8 Å². The first-order valence-corrected chi connectivity index (χ1v) is 7.86. The summed E-state index contributed by atoms with van der Waals surface area (Å²) < 4.78 is 4.90. The van der Waals surface area contributed by atoms with Gasteiger partial charge in [-0.2, -0.15) is 0 Å². The molecule has 2 atom stereocenters. The largest absolute Gasteiger partial charge is 0.360 e. The average molecular weight is 396 g/mol. The highest BCUT2D eigenvalue weighted by atomic mass is 35.5. The molecule has 2 unspecified atom stereocenters. The van der Waals surface area contributed by atoms with Gasteiger partial charge in [0.1, 0.15) is 5.76 Å². The van der Waals surface area contributed by atoms with Crippen LogP contribution in [0.4, 0.5) is 5.82 Å². The number of nitrogens with one attached hydrogen (secondary N) is 1. The van der Waals surface area contributed by atoms with Crippen LogP contribution in [-0.4, -0.2) is 65.5 Å². The van der Waals surface area contributed by atoms with Crippen LogP contribution in [0.1, 0.15) is 19.6 Å². The minimum atomic E-state index is -0.180. The summed E-state index contributed by atoms with van der Waals surface area (Å²) in [6.07, 6.45) is 0. The summed E-state index contributed by atoms with van der Waals surface area (Å²) in [7, 11) is 0. The van der Waals surface area contributed by atoms with Gasteiger partial charge in [0.05, 0.1) is 12.5 Å². The number of aryl methyl sites for hydroxylation is 1. The topological polar surface area (TPSA) is 105 Å². The summed E-state index contributed by atoms with van der Waals surface area (Å²) in [4.78, 5) is 28.1. The van der Waals surface area contributed by atoms with E-state index in [0.717, 1.165) is 0 Å². The molecule has 2 amide bonds. The van der Waals surface area contributed by atoms with E-state index in [2.05, 4.69) is 10.5 Å². The second kappa shape index (κ2) is 10.6. The molecule has 0 radical (unpaired) electrons. The molecule has 1 fully saturated rings. The van der Waals surface area contributed by atoms with Crippen LogP contribution >= 0.6 is 24.8 Å². The van der Waals surface area contributed by atoms with Crippen molar-refractivity contribution in [1.82, 2.24) is 15.0 Å². The van der Waals surface area contributed by atoms with Crippen molar-refractivity contribution < 1.29 is 14.1 Å². The molecule has 1 aromatic rings. The lowest BCUT2D eigenvalue weighted by Gasteiger charge is -2.36. The van der Waals surface area contributed by atoms with Gasteiger partial charge in [-0.25, -0.2) is 0 Å². The molecule has 2 rings (SSSR count). The summed E-state index contributed by atoms with van der Waals surface area (Å²) >= 11 is 0. The van der Waals surface area contributed by atoms with Crippen molar-refractivity contribution in [3.63, 3.8) is 0 Å². The third-order valence-electron chi connectivity index (χ3n) is 4.12. The van der Waals surface area contributed by atoms with E-state index in [9.17, 15) is 9.59 Å². The first kappa shape index (κ1) is 23.6. The number of halogens is 2. The normalized spacial score (nSPS) is 17.0. The molecule has 0 aromatic carbocycles. The first-order valence-electron chi connectivity index (χ1n) is 7.86. The zero-order valence-electron chi connectivity index (χ0n) is 14.7. The van der Waals surface area contributed by atoms with Crippen molar-refractivity contribution in [3.05, 3.63) is 11.8 Å². The molecule has 0 bridgehead atoms. The van der Waals surface area contributed by atoms with Gasteiger partial charge in [-0.05, 0) is 13.8 Å². The van der Waals surface area contributed by atoms with Crippen LogP contribution in [0.15, 0.2) is 10.6 Å². The van der Waals surface area contributed by atoms with Gasteiger partial charge in [0.25, 0.3) is 0 Å². The number of carbonyl (C=O) groups is 2. The van der Waals surface area contributed by atoms with Gasteiger partial charge >= 0.3 is 0 Å². The van der Waals surface area contributed by atoms with Crippen molar-refractivity contribution in [2.75, 3.05) is 38.0 Å². The number of anilines is 1. The van der Waals surface area contributed by atoms with E-state index in [0.29, 0.717) is 37.8 Å². The highest BCUT2D eigenvalue weighted by Gasteiger charge is 2.27. The average Bonchev–Trinajstić information content (AvgIpc) is 2.91. The number of aromatic nitrogens is 1. The van der Waals surface area contributed by atoms with Crippen LogP contribution < -0.4 is 11.1 Å². The monoisotopic (exact) mass is 395 g/mol. The summed E-state index contributed by atoms with van der Waals surface area (Å²) in [5.41, 5.74) is 5.79. The standard InChI is InChI=1S/C15H25N5O3.2ClH/c1-10-8-13(18-23-10)17-14(21)9-19-4-6-20(7-5-19)15(22)11(2)12(3)16;;/h8,11-12H,4-7,9,16H2,1-3H3,(H,17,18,21);2*1H. The Bertz CT molecular complexity index is 559. The molecule has 8 nitrogen and oxygen atoms in total. The summed E-state index contributed by atoms with van der Waals surface area (Å²) in [6, 6.07) is 1.52. The molecule has 1 saturated heterocycles. The number of hydrogen-bond donors (Lipinski definition) is 2. The molecule has 2 heterocycles. The van der Waals surface area contributed by atoms with E-state index in [1.54, 1.807) is 13.0 Å². The van der Waals surface area contributed by atoms with Gasteiger partial charge in [0.2, 0.25) is 11.8 Å². The smallest absolute Gasteiger partial charge is 0.239 e. The second-order valence-corrected chi connectivity index (χ2v) is 6.12. The summed E-state index contributed by atoms with van der Waals surface area (Å²) in [5.74, 6) is 0.840. The van der Waals surface area contributed by atoms with E-state index in [4.69, 9.17) is 10.3 Å². The lowest BCUT2D eigenvalue weighted by atomic mass is 10.0. The van der Waals surface area contributed by atoms with Gasteiger partial charge in [0, 0.05) is 38.3 Å². The Morgan fingerprint density at radius 3 is 2.36 bits per heavy atom. The molecule has 25 heavy (non-hydrogen) atoms. The van der Waals surface area contributed by atoms with E-state index in [-0.39, 0.29) is 55.1 Å². The van der Waals surface area contributed by atoms with Crippen molar-refractivity contribution >= 4 is 42.4 Å². The molecule has 1 aromatic heterocycles. The maximum atomic E-state index is 12.2. The van der Waals surface area contributed by atoms with Gasteiger partial charge in [0.15, 0.2) is 5.82 Å². The van der Waals surface area contributed by atoms with Crippen LogP contribution in [0, 0.1) is 12.8 Å². The predicted octanol–water partition coefficient (Wildman–Crippen LogP) is 0.893. The third-order valence-corrected chi connectivity index (χ3v) is 4.12. The molecular weight excluding hydrogens is 369 g/mol. The number of nitrogens with two attached hydrogens (primary N) is 1. The number of hydrogen-bond acceptors (Lipinski definition) is 6. The van der Waals surface area contributed by atoms with Crippen LogP contribution in [-0.2, 0) is 9.59 Å². The lowest BCUT2D eigenvalue weighted by Crippen LogP contribution is -2.53. The zero-order chi connectivity index (χ0) is 17.0. The van der Waals surface area contributed by atoms with E-state index in [1.807, 2.05) is 23.6 Å². The molecule has 0 aliphatic carbocycles. The number of carbonyl (C=O) groups excluding carboxylic acids is 2. The summed E-state index contributed by atoms with van der Waals surface area (Å²) in [6.45, 7) is 8.31. The molecule has 144 valence electrons. The zero-order valence-corrected chi connectivity index (χ0v) is 16.4. The Hall–Kier alpha value is -1.35. The van der Waals surface area contributed by atoms with E-state index < -0.39 is 0 Å². The Morgan fingerprint density at radius 1 is 1.28 bits per heavy atom. The maximum Gasteiger partial charge on any atom is 0.239 e. The fraction of sp³-hybridized carbons (Fsp3) is 0.667. The number of piperazine rings is 1. The SMILES string of the molecule is Cc1cc(NC(=O)CN2CCN(C(=O)C(C)C(C)N)CC2)no1.Cl.Cl. The lowest BCUT2D eigenvalue weighted by molar-refractivity contribution is -0.137. The van der Waals surface area contributed by atoms with Gasteiger partial charge in [-0.1, -0.05) is 12.1 Å². The quantitative estimate of drug-likeness (QED) is 0.766. The van der Waals surface area contributed by atoms with Crippen LogP contribution in [0.3, 0.4) is 0 Å². The van der Waals surface area contributed by atoms with Crippen molar-refractivity contribution in [2.45, 2.75) is 26.8 Å². The number of rotatable bonds is 5. The Morgan fingerprint density at radius 2 is 1.88 bits per heavy atom. The second-order valence-electron chi connectivity index (χ2n) is 6.12. The van der Waals surface area contributed by atoms with Crippen molar-refractivity contribution in [1.29, 1.82) is 0 Å². The summed E-state index contributed by atoms with van der Waals surface area (Å²) in [5, 5.41) is 6.42. The van der Waals surface area contributed by atoms with Crippen LogP contribution in [0.5, 0.6) is 0 Å². The fourth-order valence-electron chi connectivity index (χ4n) is 2.45. The molecule has 10 heteroatoms. The van der Waals surface area contributed by atoms with Gasteiger partial charge in [-0.3, -0.25) is 14.5 Å². The molecule has 3 N–H and O–H groups in total. The van der Waals surface area contributed by atoms with Crippen molar-refractivity contribution in [2.24, 2.45) is 11.7 Å². The molecule has 0 spiro atoms. The van der Waals surface area contributed by atoms with Gasteiger partial charge < -0.3 is 20.5 Å². The highest BCUT2D eigenvalue weighted by molar-refractivity contribution is 5.91. The first-order chi connectivity index (χ1) is 10.9. The highest BCUT2D eigenvalue weighted by Crippen LogP contribution is 2.11. The minimum absolute atomic E-state index is 0. The molecule has 1 aliphatic rings. The maximum absolute atomic E-state index is 12.2. The molecular formula is C15H27Cl2N5O3. The van der Waals surface area contributed by atoms with Crippen LogP contribution in [0.2, 0.25) is 0 Å². The number of nitrogens with zero attached hydrogens (tertiary/aromatic N) is 3. The van der Waals surface area contributed by atoms with Crippen molar-refractivity contribution in [3.8, 4) is 0 Å². The van der Waals surface area contributed by atoms with E-state index >= 15 is 0 Å².